The first-order valence-electron chi connectivity index (χ1n) is 6.33. The smallest absolute Gasteiger partial charge is 0.345 e. The van der Waals surface area contributed by atoms with Gasteiger partial charge in [0.2, 0.25) is 0 Å². The molecule has 1 N–H and O–H groups in total. The lowest BCUT2D eigenvalue weighted by atomic mass is 9.80. The number of carbonyl (C=O) groups excluding carboxylic acids is 2. The van der Waals surface area contributed by atoms with Gasteiger partial charge in [-0.15, -0.1) is 0 Å². The van der Waals surface area contributed by atoms with Gasteiger partial charge in [0.1, 0.15) is 11.3 Å². The molecule has 0 fully saturated rings. The van der Waals surface area contributed by atoms with E-state index in [2.05, 4.69) is 15.9 Å². The third-order valence-electron chi connectivity index (χ3n) is 3.39. The molecule has 0 aromatic heterocycles. The van der Waals surface area contributed by atoms with Crippen molar-refractivity contribution in [3.8, 4) is 0 Å². The van der Waals surface area contributed by atoms with Crippen molar-refractivity contribution in [3.63, 3.8) is 0 Å². The molecule has 0 amide bonds. The molecule has 0 saturated heterocycles. The van der Waals surface area contributed by atoms with Crippen LogP contribution in [0.2, 0.25) is 0 Å². The molecule has 0 heterocycles. The number of rotatable bonds is 2. The monoisotopic (exact) mass is 338 g/mol. The normalized spacial score (nSPS) is 18.0. The highest BCUT2D eigenvalue weighted by Gasteiger charge is 2.37. The lowest BCUT2D eigenvalue weighted by molar-refractivity contribution is -0.140. The molecule has 1 atom stereocenters. The summed E-state index contributed by atoms with van der Waals surface area (Å²) in [7, 11) is 0. The topological polar surface area (TPSA) is 63.6 Å². The molecule has 1 unspecified atom stereocenters. The summed E-state index contributed by atoms with van der Waals surface area (Å²) in [5.74, 6) is -1.95. The number of aryl methyl sites for hydroxylation is 1. The minimum Gasteiger partial charge on any atom is -0.506 e. The van der Waals surface area contributed by atoms with Crippen LogP contribution in [0.25, 0.3) is 5.76 Å². The zero-order chi connectivity index (χ0) is 15.0. The standard InChI is InChI=1S/C15H15BrO4/c1-4-20-15(19)12-13(17)8(3)10-6-9(16)5-7(2)11(10)14(12)18/h5-6,8,18H,4H2,1-3H3. The van der Waals surface area contributed by atoms with E-state index in [0.29, 0.717) is 11.1 Å². The number of aliphatic hydroxyl groups is 1. The molecular weight excluding hydrogens is 324 g/mol. The van der Waals surface area contributed by atoms with Crippen molar-refractivity contribution < 1.29 is 19.4 Å². The first kappa shape index (κ1) is 14.8. The predicted molar refractivity (Wildman–Crippen MR) is 78.5 cm³/mol. The summed E-state index contributed by atoms with van der Waals surface area (Å²) in [6.45, 7) is 5.36. The Hall–Kier alpha value is -1.62. The van der Waals surface area contributed by atoms with Crippen LogP contribution in [0.5, 0.6) is 0 Å². The Bertz CT molecular complexity index is 631. The number of halogens is 1. The molecule has 106 valence electrons. The maximum absolute atomic E-state index is 12.3. The maximum atomic E-state index is 12.3. The van der Waals surface area contributed by atoms with Crippen molar-refractivity contribution in [1.82, 2.24) is 0 Å². The van der Waals surface area contributed by atoms with Crippen LogP contribution in [-0.2, 0) is 14.3 Å². The first-order valence-corrected chi connectivity index (χ1v) is 7.12. The molecule has 0 aliphatic heterocycles. The second-order valence-corrected chi connectivity index (χ2v) is 5.63. The molecule has 20 heavy (non-hydrogen) atoms. The van der Waals surface area contributed by atoms with Gasteiger partial charge in [0.15, 0.2) is 5.78 Å². The Balaban J connectivity index is 2.70. The summed E-state index contributed by atoms with van der Waals surface area (Å²) in [4.78, 5) is 24.2. The van der Waals surface area contributed by atoms with Gasteiger partial charge in [0.25, 0.3) is 0 Å². The van der Waals surface area contributed by atoms with E-state index in [1.807, 2.05) is 13.0 Å². The number of hydrogen-bond acceptors (Lipinski definition) is 4. The van der Waals surface area contributed by atoms with Crippen LogP contribution in [0.4, 0.5) is 0 Å². The van der Waals surface area contributed by atoms with Crippen molar-refractivity contribution in [2.24, 2.45) is 0 Å². The van der Waals surface area contributed by atoms with Crippen molar-refractivity contribution in [1.29, 1.82) is 0 Å². The zero-order valence-corrected chi connectivity index (χ0v) is 13.1. The van der Waals surface area contributed by atoms with Crippen LogP contribution in [0.3, 0.4) is 0 Å². The summed E-state index contributed by atoms with van der Waals surface area (Å²) in [5.41, 5.74) is 1.81. The van der Waals surface area contributed by atoms with Gasteiger partial charge < -0.3 is 9.84 Å². The van der Waals surface area contributed by atoms with Gasteiger partial charge in [-0.05, 0) is 37.1 Å². The van der Waals surface area contributed by atoms with Crippen molar-refractivity contribution in [2.45, 2.75) is 26.7 Å². The summed E-state index contributed by atoms with van der Waals surface area (Å²) in [6, 6.07) is 3.63. The van der Waals surface area contributed by atoms with Crippen LogP contribution in [0.15, 0.2) is 22.2 Å². The molecule has 1 aliphatic rings. The van der Waals surface area contributed by atoms with E-state index in [4.69, 9.17) is 4.74 Å². The van der Waals surface area contributed by atoms with E-state index in [0.717, 1.165) is 10.0 Å². The van der Waals surface area contributed by atoms with Gasteiger partial charge in [0.05, 0.1) is 6.61 Å². The van der Waals surface area contributed by atoms with Gasteiger partial charge in [0, 0.05) is 16.0 Å². The highest BCUT2D eigenvalue weighted by atomic mass is 79.9. The van der Waals surface area contributed by atoms with E-state index in [-0.39, 0.29) is 17.9 Å². The molecule has 1 aromatic carbocycles. The molecular formula is C15H15BrO4. The molecule has 1 aromatic rings. The SMILES string of the molecule is CCOC(=O)C1=C(O)c2c(C)cc(Br)cc2C(C)C1=O. The number of hydrogen-bond donors (Lipinski definition) is 1. The number of Topliss-reactive ketones (excluding diaryl/α,β-unsaturated/α-hetero) is 1. The Morgan fingerprint density at radius 1 is 1.45 bits per heavy atom. The summed E-state index contributed by atoms with van der Waals surface area (Å²) in [5, 5.41) is 10.3. The van der Waals surface area contributed by atoms with Gasteiger partial charge in [-0.25, -0.2) is 4.79 Å². The second-order valence-electron chi connectivity index (χ2n) is 4.72. The zero-order valence-electron chi connectivity index (χ0n) is 11.5. The molecule has 2 rings (SSSR count). The Labute approximate surface area is 125 Å². The molecule has 0 bridgehead atoms. The van der Waals surface area contributed by atoms with Gasteiger partial charge >= 0.3 is 5.97 Å². The number of carbonyl (C=O) groups is 2. The Morgan fingerprint density at radius 2 is 2.10 bits per heavy atom. The first-order chi connectivity index (χ1) is 9.38. The van der Waals surface area contributed by atoms with E-state index < -0.39 is 17.7 Å². The van der Waals surface area contributed by atoms with E-state index in [1.165, 1.54) is 0 Å². The average molecular weight is 339 g/mol. The van der Waals surface area contributed by atoms with Crippen LogP contribution < -0.4 is 0 Å². The van der Waals surface area contributed by atoms with E-state index in [9.17, 15) is 14.7 Å². The molecule has 4 nitrogen and oxygen atoms in total. The fourth-order valence-electron chi connectivity index (χ4n) is 2.43. The third kappa shape index (κ3) is 2.26. The van der Waals surface area contributed by atoms with Crippen molar-refractivity contribution in [3.05, 3.63) is 38.9 Å². The van der Waals surface area contributed by atoms with Gasteiger partial charge in [-0.3, -0.25) is 4.79 Å². The summed E-state index contributed by atoms with van der Waals surface area (Å²) >= 11 is 3.38. The van der Waals surface area contributed by atoms with Gasteiger partial charge in [-0.1, -0.05) is 22.9 Å². The molecule has 0 spiro atoms. The molecule has 5 heteroatoms. The van der Waals surface area contributed by atoms with Gasteiger partial charge in [-0.2, -0.15) is 0 Å². The lowest BCUT2D eigenvalue weighted by Crippen LogP contribution is -2.27. The minimum absolute atomic E-state index is 0.156. The van der Waals surface area contributed by atoms with Crippen molar-refractivity contribution in [2.75, 3.05) is 6.61 Å². The fraction of sp³-hybridized carbons (Fsp3) is 0.333. The predicted octanol–water partition coefficient (Wildman–Crippen LogP) is 3.28. The van der Waals surface area contributed by atoms with E-state index >= 15 is 0 Å². The number of fused-ring (bicyclic) bond motifs is 1. The number of ketones is 1. The molecule has 1 aliphatic carbocycles. The summed E-state index contributed by atoms with van der Waals surface area (Å²) in [6.07, 6.45) is 0. The van der Waals surface area contributed by atoms with Crippen LogP contribution in [-0.4, -0.2) is 23.5 Å². The molecule has 0 radical (unpaired) electrons. The fourth-order valence-corrected chi connectivity index (χ4v) is 3.02. The number of ether oxygens (including phenoxy) is 1. The quantitative estimate of drug-likeness (QED) is 0.663. The summed E-state index contributed by atoms with van der Waals surface area (Å²) < 4.78 is 5.70. The lowest BCUT2D eigenvalue weighted by Gasteiger charge is -2.24. The highest BCUT2D eigenvalue weighted by Crippen LogP contribution is 2.38. The van der Waals surface area contributed by atoms with Crippen LogP contribution >= 0.6 is 15.9 Å². The maximum Gasteiger partial charge on any atom is 0.345 e. The van der Waals surface area contributed by atoms with Crippen LogP contribution in [0.1, 0.15) is 36.5 Å². The Kier molecular flexibility index (Phi) is 3.99. The Morgan fingerprint density at radius 3 is 2.70 bits per heavy atom. The number of esters is 1. The van der Waals surface area contributed by atoms with Crippen LogP contribution in [0, 0.1) is 6.92 Å². The highest BCUT2D eigenvalue weighted by molar-refractivity contribution is 9.10. The number of benzene rings is 1. The average Bonchev–Trinajstić information content (AvgIpc) is 2.35. The molecule has 0 saturated carbocycles. The minimum atomic E-state index is -0.769. The second kappa shape index (κ2) is 5.40. The van der Waals surface area contributed by atoms with E-state index in [1.54, 1.807) is 19.9 Å². The number of aliphatic hydroxyl groups excluding tert-OH is 1. The third-order valence-corrected chi connectivity index (χ3v) is 3.85. The largest absolute Gasteiger partial charge is 0.506 e. The van der Waals surface area contributed by atoms with Crippen molar-refractivity contribution >= 4 is 33.4 Å².